The number of nitrogens with two attached hydrogens (primary N) is 1. The first-order chi connectivity index (χ1) is 13.5. The van der Waals surface area contributed by atoms with Crippen LogP contribution in [-0.2, 0) is 17.4 Å². The Hall–Kier alpha value is -1.76. The highest BCUT2D eigenvalue weighted by Gasteiger charge is 2.41. The molecule has 2 aromatic rings. The van der Waals surface area contributed by atoms with Gasteiger partial charge in [-0.2, -0.15) is 0 Å². The predicted molar refractivity (Wildman–Crippen MR) is 116 cm³/mol. The van der Waals surface area contributed by atoms with Crippen LogP contribution in [0.3, 0.4) is 0 Å². The highest BCUT2D eigenvalue weighted by Crippen LogP contribution is 2.42. The number of hydrogen-bond acceptors (Lipinski definition) is 3. The van der Waals surface area contributed by atoms with Gasteiger partial charge in [-0.25, -0.2) is 5.01 Å². The molecule has 0 radical (unpaired) electrons. The van der Waals surface area contributed by atoms with Gasteiger partial charge >= 0.3 is 6.36 Å². The van der Waals surface area contributed by atoms with Crippen LogP contribution in [0.15, 0.2) is 48.5 Å². The van der Waals surface area contributed by atoms with Crippen LogP contribution in [0.5, 0.6) is 5.75 Å². The molecule has 1 heterocycles. The lowest BCUT2D eigenvalue weighted by Crippen LogP contribution is -2.54. The quantitative estimate of drug-likeness (QED) is 0.581. The minimum atomic E-state index is -4.74. The van der Waals surface area contributed by atoms with Gasteiger partial charge in [-0.1, -0.05) is 63.2 Å². The summed E-state index contributed by atoms with van der Waals surface area (Å²) < 4.78 is 43.6. The van der Waals surface area contributed by atoms with Crippen molar-refractivity contribution in [3.05, 3.63) is 65.2 Å². The number of rotatable bonds is 4. The van der Waals surface area contributed by atoms with Crippen LogP contribution < -0.4 is 10.6 Å². The Kier molecular flexibility index (Phi) is 7.49. The third kappa shape index (κ3) is 5.48. The molecule has 1 fully saturated rings. The Bertz CT molecular complexity index is 837. The van der Waals surface area contributed by atoms with E-state index in [0.717, 1.165) is 30.4 Å². The molecule has 0 bridgehead atoms. The minimum absolute atomic E-state index is 0. The molecule has 1 aliphatic heterocycles. The number of nitrogens with zero attached hydrogens (tertiary/aromatic N) is 1. The van der Waals surface area contributed by atoms with Crippen molar-refractivity contribution in [3.63, 3.8) is 0 Å². The van der Waals surface area contributed by atoms with Crippen LogP contribution in [0.25, 0.3) is 0 Å². The molecule has 0 spiro atoms. The van der Waals surface area contributed by atoms with E-state index in [1.54, 1.807) is 11.1 Å². The smallest absolute Gasteiger partial charge is 0.406 e. The lowest BCUT2D eigenvalue weighted by atomic mass is 9.76. The van der Waals surface area contributed by atoms with E-state index in [1.165, 1.54) is 6.07 Å². The largest absolute Gasteiger partial charge is 0.573 e. The Morgan fingerprint density at radius 2 is 1.70 bits per heavy atom. The van der Waals surface area contributed by atoms with E-state index in [4.69, 9.17) is 5.84 Å². The summed E-state index contributed by atoms with van der Waals surface area (Å²) in [5.41, 5.74) is 1.74. The second kappa shape index (κ2) is 9.16. The molecule has 166 valence electrons. The zero-order valence-electron chi connectivity index (χ0n) is 17.6. The standard InChI is InChI=1S/C23H29F3N2O.ClH/c1-21(2,3)19-11-12-20(29-23(24,25)26)17(15-19)16-22(13-7-8-14-28(22)27)18-9-5-4-6-10-18;/h4-6,9-12,15H,7-8,13-14,16,27H2,1-3H3;1H. The molecular formula is C23H30ClF3N2O. The van der Waals surface area contributed by atoms with Crippen LogP contribution in [0, 0.1) is 0 Å². The average molecular weight is 443 g/mol. The van der Waals surface area contributed by atoms with Crippen molar-refractivity contribution in [1.29, 1.82) is 0 Å². The summed E-state index contributed by atoms with van der Waals surface area (Å²) >= 11 is 0. The third-order valence-corrected chi connectivity index (χ3v) is 5.74. The molecule has 1 unspecified atom stereocenters. The fourth-order valence-corrected chi connectivity index (χ4v) is 4.13. The maximum atomic E-state index is 13.1. The summed E-state index contributed by atoms with van der Waals surface area (Å²) in [5.74, 6) is 6.31. The zero-order valence-corrected chi connectivity index (χ0v) is 18.4. The zero-order chi connectivity index (χ0) is 21.3. The van der Waals surface area contributed by atoms with Gasteiger partial charge in [-0.15, -0.1) is 25.6 Å². The van der Waals surface area contributed by atoms with Crippen LogP contribution in [0.2, 0.25) is 0 Å². The molecule has 2 aromatic carbocycles. The molecule has 3 nitrogen and oxygen atoms in total. The van der Waals surface area contributed by atoms with Gasteiger partial charge in [0.2, 0.25) is 0 Å². The van der Waals surface area contributed by atoms with E-state index < -0.39 is 11.9 Å². The molecule has 1 atom stereocenters. The summed E-state index contributed by atoms with van der Waals surface area (Å²) in [6.45, 7) is 6.82. The Morgan fingerprint density at radius 1 is 1.03 bits per heavy atom. The molecule has 3 rings (SSSR count). The van der Waals surface area contributed by atoms with Gasteiger partial charge in [0.15, 0.2) is 0 Å². The summed E-state index contributed by atoms with van der Waals surface area (Å²) in [4.78, 5) is 0. The van der Waals surface area contributed by atoms with Crippen molar-refractivity contribution in [3.8, 4) is 5.75 Å². The number of halogens is 4. The van der Waals surface area contributed by atoms with Gasteiger partial charge in [0.05, 0.1) is 5.54 Å². The number of alkyl halides is 3. The summed E-state index contributed by atoms with van der Waals surface area (Å²) in [7, 11) is 0. The van der Waals surface area contributed by atoms with Crippen LogP contribution in [0.4, 0.5) is 13.2 Å². The topological polar surface area (TPSA) is 38.5 Å². The average Bonchev–Trinajstić information content (AvgIpc) is 2.64. The Balaban J connectivity index is 0.00000320. The first-order valence-electron chi connectivity index (χ1n) is 9.98. The van der Waals surface area contributed by atoms with Gasteiger partial charge in [-0.05, 0) is 53.9 Å². The lowest BCUT2D eigenvalue weighted by molar-refractivity contribution is -0.275. The molecule has 0 aromatic heterocycles. The molecule has 0 aliphatic carbocycles. The second-order valence-corrected chi connectivity index (χ2v) is 8.85. The van der Waals surface area contributed by atoms with Crippen molar-refractivity contribution in [2.24, 2.45) is 5.84 Å². The number of piperidine rings is 1. The summed E-state index contributed by atoms with van der Waals surface area (Å²) in [5, 5.41) is 1.80. The number of benzene rings is 2. The highest BCUT2D eigenvalue weighted by atomic mass is 35.5. The lowest BCUT2D eigenvalue weighted by Gasteiger charge is -2.45. The van der Waals surface area contributed by atoms with Crippen molar-refractivity contribution in [2.45, 2.75) is 63.8 Å². The second-order valence-electron chi connectivity index (χ2n) is 8.85. The molecule has 30 heavy (non-hydrogen) atoms. The summed E-state index contributed by atoms with van der Waals surface area (Å²) in [6.07, 6.45) is -1.68. The van der Waals surface area contributed by atoms with Crippen molar-refractivity contribution in [1.82, 2.24) is 5.01 Å². The number of ether oxygens (including phenoxy) is 1. The first kappa shape index (κ1) is 24.5. The van der Waals surface area contributed by atoms with Crippen LogP contribution >= 0.6 is 12.4 Å². The molecule has 2 N–H and O–H groups in total. The van der Waals surface area contributed by atoms with Gasteiger partial charge in [0, 0.05) is 6.54 Å². The highest BCUT2D eigenvalue weighted by molar-refractivity contribution is 5.85. The van der Waals surface area contributed by atoms with E-state index in [2.05, 4.69) is 4.74 Å². The van der Waals surface area contributed by atoms with Crippen molar-refractivity contribution < 1.29 is 17.9 Å². The van der Waals surface area contributed by atoms with E-state index in [-0.39, 0.29) is 23.6 Å². The molecule has 0 amide bonds. The monoisotopic (exact) mass is 442 g/mol. The van der Waals surface area contributed by atoms with Crippen molar-refractivity contribution in [2.75, 3.05) is 6.54 Å². The maximum Gasteiger partial charge on any atom is 0.573 e. The molecule has 0 saturated carbocycles. The normalized spacial score (nSPS) is 20.5. The van der Waals surface area contributed by atoms with Gasteiger partial charge in [0.25, 0.3) is 0 Å². The van der Waals surface area contributed by atoms with Crippen LogP contribution in [-0.4, -0.2) is 17.9 Å². The molecule has 1 aliphatic rings. The maximum absolute atomic E-state index is 13.1. The predicted octanol–water partition coefficient (Wildman–Crippen LogP) is 6.10. The van der Waals surface area contributed by atoms with Gasteiger partial charge < -0.3 is 4.74 Å². The number of hydrazine groups is 1. The SMILES string of the molecule is CC(C)(C)c1ccc(OC(F)(F)F)c(CC2(c3ccccc3)CCCCN2N)c1.Cl. The first-order valence-corrected chi connectivity index (χ1v) is 9.98. The number of hydrogen-bond donors (Lipinski definition) is 1. The minimum Gasteiger partial charge on any atom is -0.406 e. The van der Waals surface area contributed by atoms with Gasteiger partial charge in [-0.3, -0.25) is 5.84 Å². The van der Waals surface area contributed by atoms with E-state index in [9.17, 15) is 13.2 Å². The molecular weight excluding hydrogens is 413 g/mol. The molecule has 1 saturated heterocycles. The Labute approximate surface area is 182 Å². The van der Waals surface area contributed by atoms with E-state index in [1.807, 2.05) is 57.2 Å². The molecule has 7 heteroatoms. The van der Waals surface area contributed by atoms with E-state index in [0.29, 0.717) is 18.5 Å². The van der Waals surface area contributed by atoms with Gasteiger partial charge in [0.1, 0.15) is 5.75 Å². The Morgan fingerprint density at radius 3 is 2.27 bits per heavy atom. The van der Waals surface area contributed by atoms with Crippen LogP contribution in [0.1, 0.15) is 56.7 Å². The van der Waals surface area contributed by atoms with E-state index >= 15 is 0 Å². The summed E-state index contributed by atoms with van der Waals surface area (Å²) in [6, 6.07) is 14.8. The third-order valence-electron chi connectivity index (χ3n) is 5.74. The van der Waals surface area contributed by atoms with Crippen molar-refractivity contribution >= 4 is 12.4 Å². The fraction of sp³-hybridized carbons (Fsp3) is 0.478. The fourth-order valence-electron chi connectivity index (χ4n) is 4.13.